The van der Waals surface area contributed by atoms with Gasteiger partial charge in [0, 0.05) is 17.8 Å². The van der Waals surface area contributed by atoms with Gasteiger partial charge in [0.15, 0.2) is 0 Å². The molecule has 0 fully saturated rings. The number of nitrogen functional groups attached to an aromatic ring is 1. The second kappa shape index (κ2) is 6.06. The van der Waals surface area contributed by atoms with Crippen LogP contribution in [0, 0.1) is 12.3 Å². The fourth-order valence-corrected chi connectivity index (χ4v) is 2.17. The molecule has 0 bridgehead atoms. The number of aryl methyl sites for hydroxylation is 1. The van der Waals surface area contributed by atoms with Gasteiger partial charge in [-0.1, -0.05) is 19.9 Å². The van der Waals surface area contributed by atoms with E-state index in [1.54, 1.807) is 19.1 Å². The number of benzene rings is 1. The third kappa shape index (κ3) is 4.91. The first-order valence-corrected chi connectivity index (χ1v) is 6.54. The van der Waals surface area contributed by atoms with E-state index in [1.165, 1.54) is 0 Å². The highest BCUT2D eigenvalue weighted by Gasteiger charge is 2.21. The molecular weight excluding hydrogens is 240 g/mol. The number of hydrogen-bond donors (Lipinski definition) is 3. The lowest BCUT2D eigenvalue weighted by Crippen LogP contribution is -2.36. The minimum atomic E-state index is -0.374. The third-order valence-corrected chi connectivity index (χ3v) is 3.08. The molecule has 1 rings (SSSR count). The molecule has 1 aromatic carbocycles. The summed E-state index contributed by atoms with van der Waals surface area (Å²) < 4.78 is 0. The highest BCUT2D eigenvalue weighted by molar-refractivity contribution is 5.96. The van der Waals surface area contributed by atoms with Crippen LogP contribution in [0.4, 0.5) is 5.69 Å². The van der Waals surface area contributed by atoms with Gasteiger partial charge in [-0.3, -0.25) is 4.79 Å². The summed E-state index contributed by atoms with van der Waals surface area (Å²) in [6, 6.07) is 5.31. The second-order valence-corrected chi connectivity index (χ2v) is 5.97. The highest BCUT2D eigenvalue weighted by atomic mass is 16.3. The molecule has 0 aliphatic carbocycles. The lowest BCUT2D eigenvalue weighted by molar-refractivity contribution is 0.0901. The number of hydrogen-bond acceptors (Lipinski definition) is 3. The maximum atomic E-state index is 12.1. The largest absolute Gasteiger partial charge is 0.399 e. The number of anilines is 1. The molecule has 1 atom stereocenters. The Balaban J connectivity index is 2.68. The van der Waals surface area contributed by atoms with Crippen molar-refractivity contribution in [2.75, 3.05) is 12.3 Å². The summed E-state index contributed by atoms with van der Waals surface area (Å²) in [7, 11) is 0. The van der Waals surface area contributed by atoms with Gasteiger partial charge in [-0.15, -0.1) is 0 Å². The third-order valence-electron chi connectivity index (χ3n) is 3.08. The maximum absolute atomic E-state index is 12.1. The van der Waals surface area contributed by atoms with Crippen LogP contribution in [0.5, 0.6) is 0 Å². The molecule has 0 saturated heterocycles. The first kappa shape index (κ1) is 15.5. The van der Waals surface area contributed by atoms with Crippen molar-refractivity contribution in [3.05, 3.63) is 29.3 Å². The normalized spacial score (nSPS) is 13.1. The summed E-state index contributed by atoms with van der Waals surface area (Å²) in [6.45, 7) is 8.20. The van der Waals surface area contributed by atoms with E-state index < -0.39 is 0 Å². The average Bonchev–Trinajstić information content (AvgIpc) is 2.27. The van der Waals surface area contributed by atoms with Crippen LogP contribution in [0.1, 0.15) is 43.1 Å². The maximum Gasteiger partial charge on any atom is 0.251 e. The van der Waals surface area contributed by atoms with Crippen molar-refractivity contribution in [3.8, 4) is 0 Å². The molecule has 4 N–H and O–H groups in total. The van der Waals surface area contributed by atoms with Crippen LogP contribution in [0.2, 0.25) is 0 Å². The van der Waals surface area contributed by atoms with Crippen LogP contribution in [-0.2, 0) is 0 Å². The highest BCUT2D eigenvalue weighted by Crippen LogP contribution is 2.21. The second-order valence-electron chi connectivity index (χ2n) is 5.97. The molecule has 1 unspecified atom stereocenters. The van der Waals surface area contributed by atoms with Crippen molar-refractivity contribution in [3.63, 3.8) is 0 Å². The summed E-state index contributed by atoms with van der Waals surface area (Å²) in [5.74, 6) is -0.122. The summed E-state index contributed by atoms with van der Waals surface area (Å²) in [6.07, 6.45) is 0.268. The number of aliphatic hydroxyl groups is 1. The van der Waals surface area contributed by atoms with Crippen molar-refractivity contribution in [2.45, 2.75) is 40.2 Å². The Morgan fingerprint density at radius 2 is 2.11 bits per heavy atom. The molecule has 0 spiro atoms. The van der Waals surface area contributed by atoms with E-state index in [2.05, 4.69) is 5.32 Å². The lowest BCUT2D eigenvalue weighted by Gasteiger charge is -2.26. The molecule has 1 aromatic rings. The SMILES string of the molecule is Cc1ccc(N)cc1C(=O)NCC(C)(C)CC(C)O. The van der Waals surface area contributed by atoms with Crippen molar-refractivity contribution in [2.24, 2.45) is 5.41 Å². The zero-order valence-electron chi connectivity index (χ0n) is 12.2. The van der Waals surface area contributed by atoms with Gasteiger partial charge in [0.2, 0.25) is 0 Å². The van der Waals surface area contributed by atoms with Gasteiger partial charge in [0.05, 0.1) is 6.10 Å². The van der Waals surface area contributed by atoms with Gasteiger partial charge in [-0.05, 0) is 43.4 Å². The van der Waals surface area contributed by atoms with Gasteiger partial charge in [-0.2, -0.15) is 0 Å². The number of aliphatic hydroxyl groups excluding tert-OH is 1. The number of nitrogens with one attached hydrogen (secondary N) is 1. The van der Waals surface area contributed by atoms with E-state index in [-0.39, 0.29) is 17.4 Å². The Hall–Kier alpha value is -1.55. The molecule has 106 valence electrons. The molecule has 0 aromatic heterocycles. The number of rotatable bonds is 5. The Kier molecular flexibility index (Phi) is 4.95. The first-order chi connectivity index (χ1) is 8.71. The quantitative estimate of drug-likeness (QED) is 0.713. The van der Waals surface area contributed by atoms with Crippen LogP contribution in [0.25, 0.3) is 0 Å². The van der Waals surface area contributed by atoms with Crippen LogP contribution in [-0.4, -0.2) is 23.7 Å². The zero-order valence-corrected chi connectivity index (χ0v) is 12.2. The predicted octanol–water partition coefficient (Wildman–Crippen LogP) is 2.10. The molecule has 0 radical (unpaired) electrons. The molecule has 0 heterocycles. The smallest absolute Gasteiger partial charge is 0.251 e. The number of carbonyl (C=O) groups is 1. The molecule has 19 heavy (non-hydrogen) atoms. The Morgan fingerprint density at radius 1 is 1.47 bits per heavy atom. The fraction of sp³-hybridized carbons (Fsp3) is 0.533. The molecule has 0 aliphatic heterocycles. The van der Waals surface area contributed by atoms with Crippen LogP contribution >= 0.6 is 0 Å². The predicted molar refractivity (Wildman–Crippen MR) is 78.0 cm³/mol. The summed E-state index contributed by atoms with van der Waals surface area (Å²) in [5, 5.41) is 12.3. The van der Waals surface area contributed by atoms with Gasteiger partial charge >= 0.3 is 0 Å². The van der Waals surface area contributed by atoms with Gasteiger partial charge < -0.3 is 16.2 Å². The van der Waals surface area contributed by atoms with Crippen LogP contribution < -0.4 is 11.1 Å². The lowest BCUT2D eigenvalue weighted by atomic mass is 9.87. The monoisotopic (exact) mass is 264 g/mol. The van der Waals surface area contributed by atoms with E-state index in [9.17, 15) is 9.90 Å². The molecule has 4 nitrogen and oxygen atoms in total. The Labute approximate surface area is 115 Å². The van der Waals surface area contributed by atoms with Crippen LogP contribution in [0.3, 0.4) is 0 Å². The number of amides is 1. The van der Waals surface area contributed by atoms with Crippen LogP contribution in [0.15, 0.2) is 18.2 Å². The van der Waals surface area contributed by atoms with Crippen molar-refractivity contribution in [1.82, 2.24) is 5.32 Å². The fourth-order valence-electron chi connectivity index (χ4n) is 2.17. The van der Waals surface area contributed by atoms with E-state index in [0.29, 0.717) is 24.2 Å². The zero-order chi connectivity index (χ0) is 14.6. The minimum absolute atomic E-state index is 0.122. The van der Waals surface area contributed by atoms with Gasteiger partial charge in [0.1, 0.15) is 0 Å². The number of carbonyl (C=O) groups excluding carboxylic acids is 1. The van der Waals surface area contributed by atoms with E-state index >= 15 is 0 Å². The first-order valence-electron chi connectivity index (χ1n) is 6.54. The Morgan fingerprint density at radius 3 is 2.68 bits per heavy atom. The van der Waals surface area contributed by atoms with Gasteiger partial charge in [0.25, 0.3) is 5.91 Å². The van der Waals surface area contributed by atoms with Crippen molar-refractivity contribution in [1.29, 1.82) is 0 Å². The van der Waals surface area contributed by atoms with Crippen molar-refractivity contribution >= 4 is 11.6 Å². The van der Waals surface area contributed by atoms with Gasteiger partial charge in [-0.25, -0.2) is 0 Å². The topological polar surface area (TPSA) is 75.4 Å². The standard InChI is InChI=1S/C15H24N2O2/c1-10-5-6-12(16)7-13(10)14(19)17-9-15(3,4)8-11(2)18/h5-7,11,18H,8-9,16H2,1-4H3,(H,17,19). The Bertz CT molecular complexity index is 453. The minimum Gasteiger partial charge on any atom is -0.399 e. The van der Waals surface area contributed by atoms with E-state index in [0.717, 1.165) is 5.56 Å². The summed E-state index contributed by atoms with van der Waals surface area (Å²) in [4.78, 5) is 12.1. The molecule has 4 heteroatoms. The van der Waals surface area contributed by atoms with Crippen molar-refractivity contribution < 1.29 is 9.90 Å². The molecule has 0 aliphatic rings. The summed E-state index contributed by atoms with van der Waals surface area (Å²) in [5.41, 5.74) is 7.65. The molecular formula is C15H24N2O2. The summed E-state index contributed by atoms with van der Waals surface area (Å²) >= 11 is 0. The average molecular weight is 264 g/mol. The molecule has 0 saturated carbocycles. The van der Waals surface area contributed by atoms with E-state index in [4.69, 9.17) is 5.73 Å². The molecule has 1 amide bonds. The number of nitrogens with two attached hydrogens (primary N) is 1. The van der Waals surface area contributed by atoms with E-state index in [1.807, 2.05) is 26.8 Å².